The summed E-state index contributed by atoms with van der Waals surface area (Å²) >= 11 is 0. The Hall–Kier alpha value is -5.02. The molecule has 0 fully saturated rings. The summed E-state index contributed by atoms with van der Waals surface area (Å²) in [5, 5.41) is 2.66. The smallest absolute Gasteiger partial charge is 0.252 e. The lowest BCUT2D eigenvalue weighted by Crippen LogP contribution is -2.55. The lowest BCUT2D eigenvalue weighted by Gasteiger charge is -2.44. The molecule has 3 heteroatoms. The van der Waals surface area contributed by atoms with Crippen molar-refractivity contribution in [2.24, 2.45) is 0 Å². The maximum absolute atomic E-state index is 2.57. The normalized spacial score (nSPS) is 15.0. The van der Waals surface area contributed by atoms with Gasteiger partial charge in [0.15, 0.2) is 0 Å². The van der Waals surface area contributed by atoms with E-state index < -0.39 is 0 Å². The Morgan fingerprint density at radius 1 is 0.451 bits per heavy atom. The molecule has 6 aromatic carbocycles. The Bertz CT molecular complexity index is 2410. The van der Waals surface area contributed by atoms with Crippen LogP contribution in [0.15, 0.2) is 121 Å². The van der Waals surface area contributed by atoms with E-state index in [0.29, 0.717) is 0 Å². The quantitative estimate of drug-likeness (QED) is 0.170. The highest BCUT2D eigenvalue weighted by Gasteiger charge is 2.47. The molecule has 0 atom stereocenters. The number of benzene rings is 6. The molecule has 3 aliphatic rings. The van der Waals surface area contributed by atoms with Crippen LogP contribution in [0.3, 0.4) is 0 Å². The maximum atomic E-state index is 2.57. The molecule has 0 aromatic heterocycles. The average molecular weight is 663 g/mol. The van der Waals surface area contributed by atoms with E-state index in [2.05, 4.69) is 193 Å². The third kappa shape index (κ3) is 4.77. The van der Waals surface area contributed by atoms with Crippen molar-refractivity contribution in [1.82, 2.24) is 0 Å². The molecule has 0 saturated heterocycles. The van der Waals surface area contributed by atoms with Crippen molar-refractivity contribution < 1.29 is 0 Å². The average Bonchev–Trinajstić information content (AvgIpc) is 3.42. The van der Waals surface area contributed by atoms with E-state index in [-0.39, 0.29) is 23.0 Å². The largest absolute Gasteiger partial charge is 0.311 e. The van der Waals surface area contributed by atoms with Crippen LogP contribution >= 0.6 is 0 Å². The Morgan fingerprint density at radius 2 is 0.941 bits per heavy atom. The first-order valence-electron chi connectivity index (χ1n) is 18.6. The summed E-state index contributed by atoms with van der Waals surface area (Å²) in [6.45, 7) is 20.8. The molecule has 2 heterocycles. The molecule has 0 N–H and O–H groups in total. The van der Waals surface area contributed by atoms with Gasteiger partial charge in [-0.15, -0.1) is 0 Å². The molecular weight excluding hydrogens is 615 g/mol. The van der Waals surface area contributed by atoms with Crippen LogP contribution in [-0.4, -0.2) is 6.71 Å². The third-order valence-electron chi connectivity index (χ3n) is 11.5. The first kappa shape index (κ1) is 31.9. The predicted molar refractivity (Wildman–Crippen MR) is 222 cm³/mol. The molecule has 252 valence electrons. The first-order valence-corrected chi connectivity index (χ1v) is 18.6. The minimum Gasteiger partial charge on any atom is -0.311 e. The van der Waals surface area contributed by atoms with Crippen molar-refractivity contribution in [1.29, 1.82) is 0 Å². The molecule has 0 saturated carbocycles. The van der Waals surface area contributed by atoms with Gasteiger partial charge in [-0.1, -0.05) is 141 Å². The second-order valence-corrected chi connectivity index (χ2v) is 17.9. The number of fused-ring (bicyclic) bond motifs is 5. The summed E-state index contributed by atoms with van der Waals surface area (Å²) in [6, 6.07) is 46.6. The molecule has 0 unspecified atom stereocenters. The van der Waals surface area contributed by atoms with E-state index in [1.54, 1.807) is 0 Å². The zero-order valence-electron chi connectivity index (χ0n) is 31.5. The highest BCUT2D eigenvalue weighted by Crippen LogP contribution is 2.54. The van der Waals surface area contributed by atoms with Crippen LogP contribution in [0.4, 0.5) is 28.4 Å². The van der Waals surface area contributed by atoms with E-state index in [9.17, 15) is 0 Å². The summed E-state index contributed by atoms with van der Waals surface area (Å²) < 4.78 is 0. The van der Waals surface area contributed by atoms with Gasteiger partial charge in [-0.3, -0.25) is 0 Å². The van der Waals surface area contributed by atoms with Gasteiger partial charge >= 0.3 is 0 Å². The molecule has 0 bridgehead atoms. The van der Waals surface area contributed by atoms with Crippen molar-refractivity contribution in [3.63, 3.8) is 0 Å². The van der Waals surface area contributed by atoms with Gasteiger partial charge in [0.05, 0.1) is 0 Å². The van der Waals surface area contributed by atoms with E-state index in [4.69, 9.17) is 0 Å². The van der Waals surface area contributed by atoms with Gasteiger partial charge in [-0.25, -0.2) is 0 Å². The highest BCUT2D eigenvalue weighted by atomic mass is 15.2. The van der Waals surface area contributed by atoms with E-state index >= 15 is 0 Å². The molecule has 0 amide bonds. The van der Waals surface area contributed by atoms with Crippen molar-refractivity contribution in [2.45, 2.75) is 78.6 Å². The summed E-state index contributed by atoms with van der Waals surface area (Å²) in [7, 11) is 0. The lowest BCUT2D eigenvalue weighted by atomic mass is 9.32. The summed E-state index contributed by atoms with van der Waals surface area (Å²) in [5.74, 6) is 0. The highest BCUT2D eigenvalue weighted by molar-refractivity contribution is 7.05. The van der Waals surface area contributed by atoms with E-state index in [1.165, 1.54) is 89.1 Å². The number of nitrogens with zero attached hydrogens (tertiary/aromatic N) is 2. The van der Waals surface area contributed by atoms with Gasteiger partial charge < -0.3 is 9.80 Å². The van der Waals surface area contributed by atoms with Crippen LogP contribution in [0.2, 0.25) is 0 Å². The fraction of sp³-hybridized carbons (Fsp3) is 0.250. The topological polar surface area (TPSA) is 6.48 Å². The number of anilines is 5. The summed E-state index contributed by atoms with van der Waals surface area (Å²) in [6.07, 6.45) is 0. The number of hydrogen-bond donors (Lipinski definition) is 0. The van der Waals surface area contributed by atoms with Crippen LogP contribution in [0.1, 0.15) is 90.1 Å². The van der Waals surface area contributed by atoms with Crippen LogP contribution in [0.25, 0.3) is 21.9 Å². The molecular formula is C48H47BN2. The minimum atomic E-state index is 0.0150. The second kappa shape index (κ2) is 10.7. The van der Waals surface area contributed by atoms with Gasteiger partial charge in [-0.05, 0) is 108 Å². The predicted octanol–water partition coefficient (Wildman–Crippen LogP) is 11.7. The van der Waals surface area contributed by atoms with Crippen LogP contribution in [0, 0.1) is 0 Å². The number of rotatable bonds is 2. The Kier molecular flexibility index (Phi) is 6.73. The molecule has 6 aromatic rings. The summed E-state index contributed by atoms with van der Waals surface area (Å²) in [5.41, 5.74) is 18.5. The molecule has 1 aliphatic carbocycles. The van der Waals surface area contributed by atoms with E-state index in [0.717, 1.165) is 0 Å². The van der Waals surface area contributed by atoms with Crippen molar-refractivity contribution in [2.75, 3.05) is 9.80 Å². The summed E-state index contributed by atoms with van der Waals surface area (Å²) in [4.78, 5) is 5.11. The molecule has 9 rings (SSSR count). The maximum Gasteiger partial charge on any atom is 0.252 e. The van der Waals surface area contributed by atoms with Crippen LogP contribution in [-0.2, 0) is 16.2 Å². The van der Waals surface area contributed by atoms with Gasteiger partial charge in [-0.2, -0.15) is 0 Å². The Labute approximate surface area is 304 Å². The van der Waals surface area contributed by atoms with Crippen molar-refractivity contribution in [3.05, 3.63) is 149 Å². The lowest BCUT2D eigenvalue weighted by molar-refractivity contribution is 0.590. The van der Waals surface area contributed by atoms with Crippen LogP contribution < -0.4 is 20.7 Å². The van der Waals surface area contributed by atoms with Crippen molar-refractivity contribution in [3.8, 4) is 0 Å². The fourth-order valence-corrected chi connectivity index (χ4v) is 8.72. The zero-order chi connectivity index (χ0) is 35.6. The monoisotopic (exact) mass is 662 g/mol. The number of hydrogen-bond acceptors (Lipinski definition) is 2. The second-order valence-electron chi connectivity index (χ2n) is 17.9. The van der Waals surface area contributed by atoms with Gasteiger partial charge in [0.1, 0.15) is 0 Å². The Morgan fingerprint density at radius 3 is 1.51 bits per heavy atom. The third-order valence-corrected chi connectivity index (χ3v) is 11.5. The van der Waals surface area contributed by atoms with Gasteiger partial charge in [0.25, 0.3) is 6.71 Å². The zero-order valence-corrected chi connectivity index (χ0v) is 31.5. The molecule has 2 aliphatic heterocycles. The van der Waals surface area contributed by atoms with Crippen LogP contribution in [0.5, 0.6) is 0 Å². The molecule has 51 heavy (non-hydrogen) atoms. The fourth-order valence-electron chi connectivity index (χ4n) is 8.72. The molecule has 0 spiro atoms. The standard InChI is InChI=1S/C48H47BN2/c1-46(2,3)31-19-24-34(25-20-31)50-39-17-12-18-40-44(39)49(38-28-23-33(29-41(38)50)48(7,8)9)43-36-15-10-13-30-14-11-16-37(42(30)36)45(43)51(40)35-26-21-32(22-27-35)47(4,5)6/h10-29H,1-9H3. The van der Waals surface area contributed by atoms with E-state index in [1.807, 2.05) is 0 Å². The molecule has 0 radical (unpaired) electrons. The first-order chi connectivity index (χ1) is 24.2. The Balaban J connectivity index is 1.37. The van der Waals surface area contributed by atoms with Crippen molar-refractivity contribution >= 4 is 68.0 Å². The van der Waals surface area contributed by atoms with Gasteiger partial charge in [0.2, 0.25) is 0 Å². The SMILES string of the molecule is CC(C)(C)c1ccc(N2C3=C(B4c5ccc(C(C)(C)C)cc5N(c5ccc(C(C)(C)C)cc5)c5cccc2c54)c2cccc4cccc3c24)cc1. The molecule has 2 nitrogen and oxygen atoms in total. The van der Waals surface area contributed by atoms with Gasteiger partial charge in [0, 0.05) is 39.7 Å². The minimum absolute atomic E-state index is 0.0150.